The van der Waals surface area contributed by atoms with E-state index in [0.717, 1.165) is 28.8 Å². The van der Waals surface area contributed by atoms with Crippen LogP contribution in [0.15, 0.2) is 18.2 Å². The first kappa shape index (κ1) is 11.7. The Hall–Kier alpha value is -0.267. The van der Waals surface area contributed by atoms with Gasteiger partial charge in [-0.05, 0) is 0 Å². The molecule has 0 aliphatic heterocycles. The summed E-state index contributed by atoms with van der Waals surface area (Å²) in [7, 11) is 7.99. The van der Waals surface area contributed by atoms with Crippen LogP contribution in [0.5, 0.6) is 11.5 Å². The fourth-order valence-electron chi connectivity index (χ4n) is 0.650. The molecule has 0 aliphatic carbocycles. The maximum atomic E-state index is 4.93. The number of halogens is 1. The van der Waals surface area contributed by atoms with E-state index < -0.39 is 0 Å². The van der Waals surface area contributed by atoms with Crippen molar-refractivity contribution < 1.29 is 26.8 Å². The van der Waals surface area contributed by atoms with E-state index in [-0.39, 0.29) is 0 Å². The number of hydrogen-bond donors (Lipinski definition) is 0. The summed E-state index contributed by atoms with van der Waals surface area (Å²) in [4.78, 5) is 0. The van der Waals surface area contributed by atoms with E-state index in [4.69, 9.17) is 19.2 Å². The first-order valence-corrected chi connectivity index (χ1v) is 7.13. The van der Waals surface area contributed by atoms with Gasteiger partial charge in [-0.25, -0.2) is 0 Å². The van der Waals surface area contributed by atoms with Crippen LogP contribution in [0, 0.1) is 6.07 Å². The molecule has 0 unspecified atom stereocenters. The second kappa shape index (κ2) is 7.39. The molecule has 0 heterocycles. The van der Waals surface area contributed by atoms with Gasteiger partial charge in [0.15, 0.2) is 0 Å². The topological polar surface area (TPSA) is 18.5 Å². The summed E-state index contributed by atoms with van der Waals surface area (Å²) < 4.78 is 9.83. The summed E-state index contributed by atoms with van der Waals surface area (Å²) in [6.45, 7) is 0. The second-order valence-electron chi connectivity index (χ2n) is 1.80. The van der Waals surface area contributed by atoms with Gasteiger partial charge in [0.25, 0.3) is 0 Å². The molecule has 12 heavy (non-hydrogen) atoms. The van der Waals surface area contributed by atoms with Crippen molar-refractivity contribution in [1.82, 2.24) is 0 Å². The van der Waals surface area contributed by atoms with Crippen LogP contribution in [0.3, 0.4) is 0 Å². The molecule has 2 nitrogen and oxygen atoms in total. The molecule has 0 aliphatic rings. The third-order valence-corrected chi connectivity index (χ3v) is 1.21. The van der Waals surface area contributed by atoms with Crippen LogP contribution in [0.2, 0.25) is 0 Å². The summed E-state index contributed by atoms with van der Waals surface area (Å²) in [5, 5.41) is 0. The molecule has 0 amide bonds. The molecule has 0 radical (unpaired) electrons. The molecule has 0 aromatic heterocycles. The van der Waals surface area contributed by atoms with Gasteiger partial charge in [0.2, 0.25) is 0 Å². The summed E-state index contributed by atoms with van der Waals surface area (Å²) in [6, 6.07) is 8.26. The van der Waals surface area contributed by atoms with Gasteiger partial charge in [0, 0.05) is 11.5 Å². The van der Waals surface area contributed by atoms with E-state index in [9.17, 15) is 0 Å². The molecule has 0 spiro atoms. The molecule has 0 atom stereocenters. The van der Waals surface area contributed by atoms with E-state index >= 15 is 0 Å². The van der Waals surface area contributed by atoms with Crippen molar-refractivity contribution in [3.63, 3.8) is 0 Å². The van der Waals surface area contributed by atoms with E-state index in [1.54, 1.807) is 26.4 Å². The average molecular weight is 238 g/mol. The number of rotatable bonds is 2. The Bertz CT molecular complexity index is 178. The number of methoxy groups -OCH3 is 2. The number of ether oxygens (including phenoxy) is 2. The van der Waals surface area contributed by atoms with Crippen LogP contribution in [0.4, 0.5) is 0 Å². The summed E-state index contributed by atoms with van der Waals surface area (Å²) >= 11 is 0.847. The standard InChI is InChI=1S/C8H9O2.ClH.Zn/c1-9-7-3-5-8(10-2)6-4-7;;/h3-5H,1-2H3;1H;/q-1;;+2/p-1. The quantitative estimate of drug-likeness (QED) is 0.580. The molecule has 0 saturated heterocycles. The van der Waals surface area contributed by atoms with Gasteiger partial charge >= 0.3 is 27.0 Å². The van der Waals surface area contributed by atoms with Crippen LogP contribution >= 0.6 is 9.69 Å². The zero-order valence-electron chi connectivity index (χ0n) is 7.13. The van der Waals surface area contributed by atoms with E-state index in [2.05, 4.69) is 6.07 Å². The third kappa shape index (κ3) is 3.94. The molecule has 1 aromatic carbocycles. The number of benzene rings is 1. The van der Waals surface area contributed by atoms with Crippen LogP contribution < -0.4 is 9.47 Å². The van der Waals surface area contributed by atoms with Crippen LogP contribution in [0.25, 0.3) is 0 Å². The Morgan fingerprint density at radius 3 is 2.25 bits per heavy atom. The monoisotopic (exact) mass is 236 g/mol. The Kier molecular flexibility index (Phi) is 7.22. The van der Waals surface area contributed by atoms with Gasteiger partial charge < -0.3 is 9.47 Å². The first-order valence-electron chi connectivity index (χ1n) is 3.23. The first-order chi connectivity index (χ1) is 5.86. The molecule has 0 N–H and O–H groups in total. The minimum atomic E-state index is 0.723. The Morgan fingerprint density at radius 1 is 1.25 bits per heavy atom. The van der Waals surface area contributed by atoms with Gasteiger partial charge in [-0.15, -0.1) is 24.3 Å². The van der Waals surface area contributed by atoms with Crippen molar-refractivity contribution in [2.45, 2.75) is 0 Å². The normalized spacial score (nSPS) is 8.08. The predicted octanol–water partition coefficient (Wildman–Crippen LogP) is 2.19. The Balaban J connectivity index is 0.000000561. The SMILES string of the molecule is COc1[c-]cc(OC)cc1.[Cl][Zn+]. The molecule has 62 valence electrons. The molecule has 0 saturated carbocycles. The minimum absolute atomic E-state index is 0.723. The zero-order chi connectivity index (χ0) is 9.40. The third-order valence-electron chi connectivity index (χ3n) is 1.21. The Morgan fingerprint density at radius 2 is 1.92 bits per heavy atom. The van der Waals surface area contributed by atoms with Crippen molar-refractivity contribution in [1.29, 1.82) is 0 Å². The summed E-state index contributed by atoms with van der Waals surface area (Å²) in [5.41, 5.74) is 0. The van der Waals surface area contributed by atoms with Crippen molar-refractivity contribution in [2.24, 2.45) is 0 Å². The Labute approximate surface area is 86.5 Å². The number of hydrogen-bond acceptors (Lipinski definition) is 2. The van der Waals surface area contributed by atoms with Crippen LogP contribution in [-0.2, 0) is 17.3 Å². The molecule has 0 fully saturated rings. The average Bonchev–Trinajstić information content (AvgIpc) is 2.21. The maximum absolute atomic E-state index is 4.93. The molecule has 1 aromatic rings. The van der Waals surface area contributed by atoms with Crippen molar-refractivity contribution >= 4 is 9.69 Å². The second-order valence-corrected chi connectivity index (χ2v) is 1.80. The van der Waals surface area contributed by atoms with E-state index in [1.807, 2.05) is 6.07 Å². The van der Waals surface area contributed by atoms with Crippen molar-refractivity contribution in [3.05, 3.63) is 24.3 Å². The van der Waals surface area contributed by atoms with Gasteiger partial charge in [-0.2, -0.15) is 0 Å². The fourth-order valence-corrected chi connectivity index (χ4v) is 0.650. The molecule has 0 bridgehead atoms. The van der Waals surface area contributed by atoms with Crippen molar-refractivity contribution in [3.8, 4) is 11.5 Å². The van der Waals surface area contributed by atoms with Crippen molar-refractivity contribution in [2.75, 3.05) is 14.2 Å². The molecule has 4 heteroatoms. The van der Waals surface area contributed by atoms with Gasteiger partial charge in [-0.3, -0.25) is 0 Å². The summed E-state index contributed by atoms with van der Waals surface area (Å²) in [6.07, 6.45) is 0. The van der Waals surface area contributed by atoms with Gasteiger partial charge in [-0.1, -0.05) is 0 Å². The molecular formula is C8H9ClO2Zn. The summed E-state index contributed by atoms with van der Waals surface area (Å²) in [5.74, 6) is 1.52. The van der Waals surface area contributed by atoms with Gasteiger partial charge in [0.05, 0.1) is 14.2 Å². The molecular weight excluding hydrogens is 229 g/mol. The van der Waals surface area contributed by atoms with E-state index in [1.165, 1.54) is 0 Å². The van der Waals surface area contributed by atoms with Crippen LogP contribution in [-0.4, -0.2) is 14.2 Å². The predicted molar refractivity (Wildman–Crippen MR) is 44.2 cm³/mol. The van der Waals surface area contributed by atoms with Gasteiger partial charge in [0.1, 0.15) is 0 Å². The fraction of sp³-hybridized carbons (Fsp3) is 0.250. The zero-order valence-corrected chi connectivity index (χ0v) is 10.9. The molecule has 1 rings (SSSR count). The van der Waals surface area contributed by atoms with Crippen LogP contribution in [0.1, 0.15) is 0 Å². The van der Waals surface area contributed by atoms with E-state index in [0.29, 0.717) is 0 Å².